The van der Waals surface area contributed by atoms with Gasteiger partial charge in [-0.3, -0.25) is 14.4 Å². The van der Waals surface area contributed by atoms with E-state index in [1.807, 2.05) is 19.1 Å². The third kappa shape index (κ3) is 3.83. The lowest BCUT2D eigenvalue weighted by Crippen LogP contribution is -2.30. The third-order valence-corrected chi connectivity index (χ3v) is 4.91. The third-order valence-electron chi connectivity index (χ3n) is 4.91. The van der Waals surface area contributed by atoms with Crippen LogP contribution in [-0.2, 0) is 16.0 Å². The molecule has 2 amide bonds. The number of rotatable bonds is 5. The van der Waals surface area contributed by atoms with Crippen LogP contribution in [0.2, 0.25) is 0 Å². The first-order chi connectivity index (χ1) is 13.6. The van der Waals surface area contributed by atoms with E-state index in [1.165, 1.54) is 18.2 Å². The van der Waals surface area contributed by atoms with Gasteiger partial charge in [0.15, 0.2) is 12.4 Å². The van der Waals surface area contributed by atoms with Crippen LogP contribution < -0.4 is 4.90 Å². The number of aryl methyl sites for hydroxylation is 1. The number of imide groups is 1. The van der Waals surface area contributed by atoms with Gasteiger partial charge < -0.3 is 4.74 Å². The summed E-state index contributed by atoms with van der Waals surface area (Å²) in [5, 5.41) is 0. The smallest absolute Gasteiger partial charge is 0.338 e. The standard InChI is InChI=1S/C23H23NO5/c1-5-14-8-6-7-9-18(14)24-20(26)16-11-10-15(12-17(16)21(24)27)22(28)29-13-19(25)23(2,3)4/h6-12H,5,13H2,1-4H3. The van der Waals surface area contributed by atoms with Gasteiger partial charge in [-0.05, 0) is 36.2 Å². The minimum absolute atomic E-state index is 0.122. The Hall–Kier alpha value is -3.28. The Kier molecular flexibility index (Phi) is 5.38. The number of anilines is 1. The molecule has 0 aromatic heterocycles. The molecule has 1 aliphatic rings. The maximum atomic E-state index is 12.9. The van der Waals surface area contributed by atoms with E-state index in [1.54, 1.807) is 32.9 Å². The first-order valence-electron chi connectivity index (χ1n) is 9.46. The van der Waals surface area contributed by atoms with Gasteiger partial charge in [-0.15, -0.1) is 0 Å². The van der Waals surface area contributed by atoms with Crippen LogP contribution >= 0.6 is 0 Å². The van der Waals surface area contributed by atoms with Crippen LogP contribution in [0, 0.1) is 5.41 Å². The van der Waals surface area contributed by atoms with Gasteiger partial charge in [0.05, 0.1) is 22.4 Å². The Bertz CT molecular complexity index is 1020. The van der Waals surface area contributed by atoms with Crippen LogP contribution in [0.15, 0.2) is 42.5 Å². The number of nitrogens with zero attached hydrogens (tertiary/aromatic N) is 1. The van der Waals surface area contributed by atoms with Crippen LogP contribution in [0.4, 0.5) is 5.69 Å². The zero-order valence-electron chi connectivity index (χ0n) is 16.9. The number of esters is 1. The van der Waals surface area contributed by atoms with Gasteiger partial charge in [0, 0.05) is 5.41 Å². The quantitative estimate of drug-likeness (QED) is 0.570. The highest BCUT2D eigenvalue weighted by Gasteiger charge is 2.38. The van der Waals surface area contributed by atoms with E-state index in [2.05, 4.69) is 0 Å². The molecule has 0 saturated heterocycles. The van der Waals surface area contributed by atoms with Gasteiger partial charge in [0.1, 0.15) is 0 Å². The van der Waals surface area contributed by atoms with Crippen molar-refractivity contribution < 1.29 is 23.9 Å². The molecule has 0 bridgehead atoms. The monoisotopic (exact) mass is 393 g/mol. The normalized spacial score (nSPS) is 13.4. The highest BCUT2D eigenvalue weighted by molar-refractivity contribution is 6.35. The van der Waals surface area contributed by atoms with Gasteiger partial charge in [0.2, 0.25) is 0 Å². The Balaban J connectivity index is 1.86. The van der Waals surface area contributed by atoms with Gasteiger partial charge in [-0.2, -0.15) is 0 Å². The summed E-state index contributed by atoms with van der Waals surface area (Å²) in [5.74, 6) is -1.82. The summed E-state index contributed by atoms with van der Waals surface area (Å²) in [4.78, 5) is 51.2. The lowest BCUT2D eigenvalue weighted by atomic mass is 9.91. The summed E-state index contributed by atoms with van der Waals surface area (Å²) in [6.45, 7) is 6.83. The van der Waals surface area contributed by atoms with E-state index in [-0.39, 0.29) is 29.1 Å². The molecular weight excluding hydrogens is 370 g/mol. The molecule has 1 heterocycles. The fourth-order valence-corrected chi connectivity index (χ4v) is 3.05. The number of benzene rings is 2. The Morgan fingerprint density at radius 2 is 1.62 bits per heavy atom. The van der Waals surface area contributed by atoms with Crippen LogP contribution in [0.25, 0.3) is 0 Å². The average Bonchev–Trinajstić information content (AvgIpc) is 2.94. The Morgan fingerprint density at radius 3 is 2.28 bits per heavy atom. The maximum Gasteiger partial charge on any atom is 0.338 e. The molecule has 1 aliphatic heterocycles. The molecule has 6 heteroatoms. The fourth-order valence-electron chi connectivity index (χ4n) is 3.05. The number of hydrogen-bond donors (Lipinski definition) is 0. The molecule has 3 rings (SSSR count). The fraction of sp³-hybridized carbons (Fsp3) is 0.304. The van der Waals surface area contributed by atoms with Gasteiger partial charge in [-0.1, -0.05) is 45.9 Å². The molecule has 0 saturated carbocycles. The predicted molar refractivity (Wildman–Crippen MR) is 108 cm³/mol. The number of carbonyl (C=O) groups excluding carboxylic acids is 4. The van der Waals surface area contributed by atoms with Crippen molar-refractivity contribution in [2.75, 3.05) is 11.5 Å². The van der Waals surface area contributed by atoms with Crippen LogP contribution in [-0.4, -0.2) is 30.2 Å². The molecule has 0 aliphatic carbocycles. The van der Waals surface area contributed by atoms with E-state index < -0.39 is 23.2 Å². The second-order valence-electron chi connectivity index (χ2n) is 7.94. The number of para-hydroxylation sites is 1. The van der Waals surface area contributed by atoms with Crippen molar-refractivity contribution in [2.24, 2.45) is 5.41 Å². The van der Waals surface area contributed by atoms with Crippen LogP contribution in [0.1, 0.15) is 64.3 Å². The summed E-state index contributed by atoms with van der Waals surface area (Å²) in [5.41, 5.74) is 1.31. The molecule has 0 atom stereocenters. The van der Waals surface area contributed by atoms with Gasteiger partial charge in [-0.25, -0.2) is 9.69 Å². The van der Waals surface area contributed by atoms with Crippen molar-refractivity contribution in [3.8, 4) is 0 Å². The number of Topliss-reactive ketones (excluding diaryl/α,β-unsaturated/α-hetero) is 1. The predicted octanol–water partition coefficient (Wildman–Crippen LogP) is 3.82. The lowest BCUT2D eigenvalue weighted by Gasteiger charge is -2.17. The molecule has 0 fully saturated rings. The maximum absolute atomic E-state index is 12.9. The van der Waals surface area contributed by atoms with Gasteiger partial charge >= 0.3 is 5.97 Å². The van der Waals surface area contributed by atoms with Gasteiger partial charge in [0.25, 0.3) is 11.8 Å². The number of ether oxygens (including phenoxy) is 1. The summed E-state index contributed by atoms with van der Waals surface area (Å²) < 4.78 is 5.09. The largest absolute Gasteiger partial charge is 0.454 e. The van der Waals surface area contributed by atoms with Crippen molar-refractivity contribution in [2.45, 2.75) is 34.1 Å². The van der Waals surface area contributed by atoms with Crippen molar-refractivity contribution in [1.29, 1.82) is 0 Å². The molecule has 150 valence electrons. The number of hydrogen-bond acceptors (Lipinski definition) is 5. The van der Waals surface area contributed by atoms with Crippen molar-refractivity contribution >= 4 is 29.3 Å². The topological polar surface area (TPSA) is 80.8 Å². The Morgan fingerprint density at radius 1 is 0.966 bits per heavy atom. The lowest BCUT2D eigenvalue weighted by molar-refractivity contribution is -0.129. The highest BCUT2D eigenvalue weighted by atomic mass is 16.5. The first-order valence-corrected chi connectivity index (χ1v) is 9.46. The molecule has 2 aromatic rings. The van der Waals surface area contributed by atoms with E-state index >= 15 is 0 Å². The molecule has 0 radical (unpaired) electrons. The minimum Gasteiger partial charge on any atom is -0.454 e. The van der Waals surface area contributed by atoms with E-state index in [4.69, 9.17) is 4.74 Å². The summed E-state index contributed by atoms with van der Waals surface area (Å²) >= 11 is 0. The highest BCUT2D eigenvalue weighted by Crippen LogP contribution is 2.31. The number of amides is 2. The van der Waals surface area contributed by atoms with Crippen molar-refractivity contribution in [3.05, 3.63) is 64.7 Å². The number of fused-ring (bicyclic) bond motifs is 1. The van der Waals surface area contributed by atoms with Crippen LogP contribution in [0.5, 0.6) is 0 Å². The Labute approximate surface area is 169 Å². The molecule has 29 heavy (non-hydrogen) atoms. The minimum atomic E-state index is -0.710. The molecular formula is C23H23NO5. The summed E-state index contributed by atoms with van der Waals surface area (Å²) in [6.07, 6.45) is 0.670. The van der Waals surface area contributed by atoms with Crippen molar-refractivity contribution in [1.82, 2.24) is 0 Å². The molecule has 2 aromatic carbocycles. The molecule has 0 N–H and O–H groups in total. The van der Waals surface area contributed by atoms with Crippen LogP contribution in [0.3, 0.4) is 0 Å². The number of ketones is 1. The SMILES string of the molecule is CCc1ccccc1N1C(=O)c2ccc(C(=O)OCC(=O)C(C)(C)C)cc2C1=O. The second kappa shape index (κ2) is 7.62. The molecule has 0 spiro atoms. The van der Waals surface area contributed by atoms with E-state index in [9.17, 15) is 19.2 Å². The summed E-state index contributed by atoms with van der Waals surface area (Å²) in [6, 6.07) is 11.5. The first kappa shape index (κ1) is 20.5. The van der Waals surface area contributed by atoms with Crippen molar-refractivity contribution in [3.63, 3.8) is 0 Å². The summed E-state index contributed by atoms with van der Waals surface area (Å²) in [7, 11) is 0. The second-order valence-corrected chi connectivity index (χ2v) is 7.94. The molecule has 0 unspecified atom stereocenters. The van der Waals surface area contributed by atoms with E-state index in [0.29, 0.717) is 12.1 Å². The zero-order valence-corrected chi connectivity index (χ0v) is 16.9. The zero-order chi connectivity index (χ0) is 21.3. The average molecular weight is 393 g/mol. The number of carbonyl (C=O) groups is 4. The van der Waals surface area contributed by atoms with E-state index in [0.717, 1.165) is 10.5 Å². The molecule has 6 nitrogen and oxygen atoms in total.